The van der Waals surface area contributed by atoms with E-state index >= 15 is 0 Å². The zero-order valence-electron chi connectivity index (χ0n) is 8.99. The van der Waals surface area contributed by atoms with Crippen LogP contribution in [0.5, 0.6) is 0 Å². The lowest BCUT2D eigenvalue weighted by molar-refractivity contribution is -0.137. The monoisotopic (exact) mass is 205 g/mol. The van der Waals surface area contributed by atoms with Gasteiger partial charge in [-0.25, -0.2) is 4.79 Å². The molecule has 0 heterocycles. The first-order valence-corrected chi connectivity index (χ1v) is 4.89. The molecule has 1 rings (SSSR count). The molecule has 0 aliphatic carbocycles. The van der Waals surface area contributed by atoms with E-state index in [4.69, 9.17) is 4.74 Å². The van der Waals surface area contributed by atoms with Crippen LogP contribution in [0.1, 0.15) is 12.5 Å². The summed E-state index contributed by atoms with van der Waals surface area (Å²) in [5.41, 5.74) is 1.72. The van der Waals surface area contributed by atoms with E-state index in [-0.39, 0.29) is 5.97 Å². The maximum absolute atomic E-state index is 11.2. The summed E-state index contributed by atoms with van der Waals surface area (Å²) < 4.78 is 4.84. The number of carbonyl (C=O) groups excluding carboxylic acids is 1. The molecule has 1 aromatic carbocycles. The molecule has 3 nitrogen and oxygen atoms in total. The fourth-order valence-corrected chi connectivity index (χ4v) is 1.22. The largest absolute Gasteiger partial charge is 0.463 e. The Balaban J connectivity index is 2.84. The van der Waals surface area contributed by atoms with Gasteiger partial charge >= 0.3 is 5.97 Å². The number of hydrogen-bond acceptors (Lipinski definition) is 3. The highest BCUT2D eigenvalue weighted by Crippen LogP contribution is 2.09. The molecule has 3 heteroatoms. The van der Waals surface area contributed by atoms with Crippen LogP contribution in [-0.4, -0.2) is 19.6 Å². The molecule has 80 valence electrons. The van der Waals surface area contributed by atoms with Gasteiger partial charge in [0.2, 0.25) is 0 Å². The topological polar surface area (TPSA) is 38.3 Å². The van der Waals surface area contributed by atoms with Crippen molar-refractivity contribution in [3.05, 3.63) is 42.0 Å². The minimum Gasteiger partial charge on any atom is -0.463 e. The molecular formula is C12H15NO2. The molecule has 15 heavy (non-hydrogen) atoms. The average Bonchev–Trinajstić information content (AvgIpc) is 2.27. The summed E-state index contributed by atoms with van der Waals surface area (Å²) in [5, 5.41) is 2.97. The van der Waals surface area contributed by atoms with Gasteiger partial charge < -0.3 is 10.1 Å². The van der Waals surface area contributed by atoms with Gasteiger partial charge in [0, 0.05) is 18.8 Å². The summed E-state index contributed by atoms with van der Waals surface area (Å²) >= 11 is 0. The van der Waals surface area contributed by atoms with Gasteiger partial charge in [-0.15, -0.1) is 0 Å². The molecule has 0 aromatic heterocycles. The molecule has 0 radical (unpaired) electrons. The van der Waals surface area contributed by atoms with Gasteiger partial charge in [-0.05, 0) is 12.5 Å². The second-order valence-corrected chi connectivity index (χ2v) is 2.93. The third-order valence-corrected chi connectivity index (χ3v) is 1.90. The first kappa shape index (κ1) is 11.3. The Labute approximate surface area is 89.8 Å². The standard InChI is InChI=1S/C12H15NO2/c1-3-15-12(14)9-11(13-2)10-7-5-4-6-8-10/h4-9,13H,3H2,1-2H3/b11-9-. The molecule has 1 N–H and O–H groups in total. The Hall–Kier alpha value is -1.77. The zero-order chi connectivity index (χ0) is 11.1. The molecule has 0 aliphatic rings. The summed E-state index contributed by atoms with van der Waals surface area (Å²) in [6.45, 7) is 2.18. The fraction of sp³-hybridized carbons (Fsp3) is 0.250. The molecule has 0 saturated heterocycles. The van der Waals surface area contributed by atoms with Gasteiger partial charge in [0.1, 0.15) is 0 Å². The van der Waals surface area contributed by atoms with E-state index in [1.807, 2.05) is 30.3 Å². The van der Waals surface area contributed by atoms with Crippen molar-refractivity contribution in [2.75, 3.05) is 13.7 Å². The number of nitrogens with one attached hydrogen (secondary N) is 1. The maximum Gasteiger partial charge on any atom is 0.332 e. The van der Waals surface area contributed by atoms with E-state index in [1.54, 1.807) is 14.0 Å². The third-order valence-electron chi connectivity index (χ3n) is 1.90. The van der Waals surface area contributed by atoms with Gasteiger partial charge in [0.15, 0.2) is 0 Å². The van der Waals surface area contributed by atoms with Crippen molar-refractivity contribution < 1.29 is 9.53 Å². The molecule has 1 aromatic rings. The number of benzene rings is 1. The van der Waals surface area contributed by atoms with Crippen molar-refractivity contribution in [2.45, 2.75) is 6.92 Å². The maximum atomic E-state index is 11.2. The first-order valence-electron chi connectivity index (χ1n) is 4.89. The summed E-state index contributed by atoms with van der Waals surface area (Å²) in [6, 6.07) is 9.64. The summed E-state index contributed by atoms with van der Waals surface area (Å²) in [5.74, 6) is -0.328. The predicted octanol–water partition coefficient (Wildman–Crippen LogP) is 1.81. The van der Waals surface area contributed by atoms with Crippen LogP contribution in [0, 0.1) is 0 Å². The van der Waals surface area contributed by atoms with Crippen molar-refractivity contribution in [1.82, 2.24) is 5.32 Å². The Morgan fingerprint density at radius 3 is 2.60 bits per heavy atom. The minimum atomic E-state index is -0.328. The van der Waals surface area contributed by atoms with Gasteiger partial charge in [0.25, 0.3) is 0 Å². The summed E-state index contributed by atoms with van der Waals surface area (Å²) in [6.07, 6.45) is 1.46. The lowest BCUT2D eigenvalue weighted by Crippen LogP contribution is -2.09. The van der Waals surface area contributed by atoms with Crippen LogP contribution in [0.3, 0.4) is 0 Å². The normalized spacial score (nSPS) is 10.9. The predicted molar refractivity (Wildman–Crippen MR) is 60.1 cm³/mol. The highest BCUT2D eigenvalue weighted by atomic mass is 16.5. The first-order chi connectivity index (χ1) is 7.27. The molecule has 0 aliphatic heterocycles. The average molecular weight is 205 g/mol. The van der Waals surface area contributed by atoms with Crippen molar-refractivity contribution in [2.24, 2.45) is 0 Å². The Kier molecular flexibility index (Phi) is 4.41. The van der Waals surface area contributed by atoms with Gasteiger partial charge in [-0.2, -0.15) is 0 Å². The van der Waals surface area contributed by atoms with Crippen LogP contribution in [0.25, 0.3) is 5.70 Å². The summed E-state index contributed by atoms with van der Waals surface area (Å²) in [4.78, 5) is 11.2. The van der Waals surface area contributed by atoms with E-state index in [0.29, 0.717) is 6.61 Å². The smallest absolute Gasteiger partial charge is 0.332 e. The Bertz CT molecular complexity index is 344. The van der Waals surface area contributed by atoms with E-state index in [9.17, 15) is 4.79 Å². The highest BCUT2D eigenvalue weighted by molar-refractivity contribution is 5.90. The van der Waals surface area contributed by atoms with Gasteiger partial charge in [0.05, 0.1) is 6.61 Å². The van der Waals surface area contributed by atoms with Gasteiger partial charge in [-0.1, -0.05) is 30.3 Å². The van der Waals surface area contributed by atoms with E-state index in [1.165, 1.54) is 6.08 Å². The molecule has 0 fully saturated rings. The van der Waals surface area contributed by atoms with Gasteiger partial charge in [-0.3, -0.25) is 0 Å². The second-order valence-electron chi connectivity index (χ2n) is 2.93. The molecule has 0 atom stereocenters. The zero-order valence-corrected chi connectivity index (χ0v) is 8.99. The molecule has 0 unspecified atom stereocenters. The van der Waals surface area contributed by atoms with E-state index < -0.39 is 0 Å². The van der Waals surface area contributed by atoms with Crippen LogP contribution in [0.4, 0.5) is 0 Å². The third kappa shape index (κ3) is 3.46. The van der Waals surface area contributed by atoms with E-state index in [0.717, 1.165) is 11.3 Å². The summed E-state index contributed by atoms with van der Waals surface area (Å²) in [7, 11) is 1.78. The van der Waals surface area contributed by atoms with Crippen LogP contribution >= 0.6 is 0 Å². The molecule has 0 amide bonds. The lowest BCUT2D eigenvalue weighted by atomic mass is 10.1. The van der Waals surface area contributed by atoms with Crippen LogP contribution in [0.15, 0.2) is 36.4 Å². The molecule has 0 spiro atoms. The van der Waals surface area contributed by atoms with Crippen LogP contribution < -0.4 is 5.32 Å². The Morgan fingerprint density at radius 2 is 2.07 bits per heavy atom. The number of ether oxygens (including phenoxy) is 1. The number of hydrogen-bond donors (Lipinski definition) is 1. The van der Waals surface area contributed by atoms with Crippen molar-refractivity contribution in [3.8, 4) is 0 Å². The SMILES string of the molecule is CCOC(=O)/C=C(\NC)c1ccccc1. The molecule has 0 bridgehead atoms. The fourth-order valence-electron chi connectivity index (χ4n) is 1.22. The second kappa shape index (κ2) is 5.86. The minimum absolute atomic E-state index is 0.328. The highest BCUT2D eigenvalue weighted by Gasteiger charge is 2.02. The van der Waals surface area contributed by atoms with Crippen LogP contribution in [-0.2, 0) is 9.53 Å². The number of rotatable bonds is 4. The van der Waals surface area contributed by atoms with Crippen molar-refractivity contribution in [3.63, 3.8) is 0 Å². The van der Waals surface area contributed by atoms with E-state index in [2.05, 4.69) is 5.32 Å². The quantitative estimate of drug-likeness (QED) is 0.601. The Morgan fingerprint density at radius 1 is 1.40 bits per heavy atom. The molecule has 0 saturated carbocycles. The van der Waals surface area contributed by atoms with Crippen LogP contribution in [0.2, 0.25) is 0 Å². The van der Waals surface area contributed by atoms with Crippen molar-refractivity contribution >= 4 is 11.7 Å². The van der Waals surface area contributed by atoms with Crippen molar-refractivity contribution in [1.29, 1.82) is 0 Å². The number of carbonyl (C=O) groups is 1. The number of esters is 1. The lowest BCUT2D eigenvalue weighted by Gasteiger charge is -2.06. The molecular weight excluding hydrogens is 190 g/mol.